The molecule has 0 unspecified atom stereocenters. The molecule has 0 spiro atoms. The van der Waals surface area contributed by atoms with Gasteiger partial charge in [-0.2, -0.15) is 13.2 Å². The lowest BCUT2D eigenvalue weighted by Crippen LogP contribution is -2.24. The smallest absolute Gasteiger partial charge is 0.364 e. The summed E-state index contributed by atoms with van der Waals surface area (Å²) in [6.07, 6.45) is -1.10. The van der Waals surface area contributed by atoms with Gasteiger partial charge in [0.05, 0.1) is 24.1 Å². The maximum atomic E-state index is 12.6. The number of alkyl halides is 3. The van der Waals surface area contributed by atoms with Crippen molar-refractivity contribution in [1.29, 1.82) is 0 Å². The van der Waals surface area contributed by atoms with E-state index < -0.39 is 23.8 Å². The summed E-state index contributed by atoms with van der Waals surface area (Å²) in [5, 5.41) is 5.56. The maximum absolute atomic E-state index is 12.6. The van der Waals surface area contributed by atoms with Crippen molar-refractivity contribution in [1.82, 2.24) is 15.0 Å². The van der Waals surface area contributed by atoms with Crippen molar-refractivity contribution >= 4 is 29.5 Å². The Balaban J connectivity index is 2.28. The third-order valence-corrected chi connectivity index (χ3v) is 3.55. The van der Waals surface area contributed by atoms with E-state index in [9.17, 15) is 22.8 Å². The number of carbonyl (C=O) groups excluding carboxylic acids is 2. The molecule has 1 amide bonds. The molecule has 1 atom stereocenters. The van der Waals surface area contributed by atoms with Gasteiger partial charge in [0, 0.05) is 0 Å². The van der Waals surface area contributed by atoms with Crippen molar-refractivity contribution in [2.24, 2.45) is 11.7 Å². The normalized spacial score (nSPS) is 12.5. The Hall–Kier alpha value is -3.24. The summed E-state index contributed by atoms with van der Waals surface area (Å²) in [6.45, 7) is 3.90. The number of carbonyl (C=O) groups is 2. The van der Waals surface area contributed by atoms with Crippen molar-refractivity contribution < 1.29 is 22.8 Å². The van der Waals surface area contributed by atoms with Crippen molar-refractivity contribution in [3.63, 3.8) is 0 Å². The molecule has 0 bridgehead atoms. The molecule has 0 radical (unpaired) electrons. The van der Waals surface area contributed by atoms with Gasteiger partial charge in [0.15, 0.2) is 11.5 Å². The average molecular weight is 396 g/mol. The number of nitrogens with one attached hydrogen (secondary N) is 2. The van der Waals surface area contributed by atoms with Crippen LogP contribution in [0.25, 0.3) is 0 Å². The van der Waals surface area contributed by atoms with Gasteiger partial charge in [-0.1, -0.05) is 13.8 Å². The molecule has 0 aliphatic rings. The van der Waals surface area contributed by atoms with Crippen LogP contribution < -0.4 is 16.4 Å². The van der Waals surface area contributed by atoms with Crippen LogP contribution in [0.4, 0.5) is 30.5 Å². The van der Waals surface area contributed by atoms with Gasteiger partial charge >= 0.3 is 6.18 Å². The van der Waals surface area contributed by atoms with E-state index in [1.165, 1.54) is 6.20 Å². The molecular formula is C17H19F3N6O2. The van der Waals surface area contributed by atoms with E-state index in [4.69, 9.17) is 5.73 Å². The number of aldehydes is 1. The molecule has 2 aromatic rings. The van der Waals surface area contributed by atoms with Crippen LogP contribution >= 0.6 is 0 Å². The van der Waals surface area contributed by atoms with Crippen LogP contribution in [0.15, 0.2) is 24.5 Å². The Kier molecular flexibility index (Phi) is 6.49. The number of nitrogens with two attached hydrogens (primary N) is 1. The third kappa shape index (κ3) is 5.63. The fourth-order valence-corrected chi connectivity index (χ4v) is 2.34. The zero-order valence-corrected chi connectivity index (χ0v) is 15.1. The molecule has 0 saturated carbocycles. The molecule has 8 nitrogen and oxygen atoms in total. The molecule has 0 aliphatic carbocycles. The number of amides is 1. The molecule has 2 aromatic heterocycles. The second-order valence-corrected chi connectivity index (χ2v) is 6.39. The van der Waals surface area contributed by atoms with Crippen LogP contribution in [-0.4, -0.2) is 33.2 Å². The Morgan fingerprint density at radius 2 is 1.96 bits per heavy atom. The van der Waals surface area contributed by atoms with Crippen LogP contribution in [0.1, 0.15) is 36.5 Å². The molecule has 0 fully saturated rings. The summed E-state index contributed by atoms with van der Waals surface area (Å²) in [7, 11) is 0. The van der Waals surface area contributed by atoms with Crippen LogP contribution in [0.5, 0.6) is 0 Å². The van der Waals surface area contributed by atoms with Crippen molar-refractivity contribution in [3.8, 4) is 0 Å². The van der Waals surface area contributed by atoms with E-state index in [0.717, 1.165) is 24.6 Å². The number of anilines is 3. The summed E-state index contributed by atoms with van der Waals surface area (Å²) in [5.41, 5.74) is 4.15. The van der Waals surface area contributed by atoms with E-state index in [2.05, 4.69) is 25.6 Å². The molecule has 28 heavy (non-hydrogen) atoms. The standard InChI is InChI=1S/C17H19F3N6O2/c1-9(2)5-11(8-27)24-13-7-23-14(15(21)28)16(26-13)25-10-3-4-12(22-6-10)17(18,19)20/h3-4,6-9,11H,5H2,1-2H3,(H2,21,28)(H2,24,25,26)/t11-/m1/s1. The topological polar surface area (TPSA) is 123 Å². The van der Waals surface area contributed by atoms with Gasteiger partial charge in [-0.15, -0.1) is 0 Å². The lowest BCUT2D eigenvalue weighted by atomic mass is 10.1. The summed E-state index contributed by atoms with van der Waals surface area (Å²) in [6, 6.07) is 1.40. The fourth-order valence-electron chi connectivity index (χ4n) is 2.34. The van der Waals surface area contributed by atoms with Crippen molar-refractivity contribution in [2.75, 3.05) is 10.6 Å². The summed E-state index contributed by atoms with van der Waals surface area (Å²) >= 11 is 0. The summed E-state index contributed by atoms with van der Waals surface area (Å²) < 4.78 is 37.8. The predicted octanol–water partition coefficient (Wildman–Crippen LogP) is 2.76. The number of hydrogen-bond acceptors (Lipinski definition) is 7. The van der Waals surface area contributed by atoms with Crippen molar-refractivity contribution in [2.45, 2.75) is 32.5 Å². The third-order valence-electron chi connectivity index (χ3n) is 3.55. The molecule has 0 aliphatic heterocycles. The first-order chi connectivity index (χ1) is 13.1. The zero-order chi connectivity index (χ0) is 20.9. The van der Waals surface area contributed by atoms with Gasteiger partial charge < -0.3 is 21.2 Å². The zero-order valence-electron chi connectivity index (χ0n) is 15.1. The molecule has 11 heteroatoms. The number of hydrogen-bond donors (Lipinski definition) is 3. The molecule has 4 N–H and O–H groups in total. The molecule has 150 valence electrons. The van der Waals surface area contributed by atoms with Crippen molar-refractivity contribution in [3.05, 3.63) is 35.9 Å². The van der Waals surface area contributed by atoms with E-state index in [1.54, 1.807) is 0 Å². The average Bonchev–Trinajstić information content (AvgIpc) is 2.60. The van der Waals surface area contributed by atoms with Crippen LogP contribution in [0.2, 0.25) is 0 Å². The van der Waals surface area contributed by atoms with Gasteiger partial charge in [-0.25, -0.2) is 15.0 Å². The Morgan fingerprint density at radius 1 is 1.25 bits per heavy atom. The highest BCUT2D eigenvalue weighted by molar-refractivity contribution is 5.96. The van der Waals surface area contributed by atoms with E-state index >= 15 is 0 Å². The Bertz CT molecular complexity index is 840. The monoisotopic (exact) mass is 396 g/mol. The molecule has 0 saturated heterocycles. The first kappa shape index (κ1) is 21.1. The summed E-state index contributed by atoms with van der Waals surface area (Å²) in [4.78, 5) is 34.2. The van der Waals surface area contributed by atoms with E-state index in [1.807, 2.05) is 13.8 Å². The highest BCUT2D eigenvalue weighted by atomic mass is 19.4. The summed E-state index contributed by atoms with van der Waals surface area (Å²) in [5.74, 6) is -0.509. The van der Waals surface area contributed by atoms with E-state index in [-0.39, 0.29) is 28.9 Å². The minimum absolute atomic E-state index is 0.0757. The number of nitrogens with zero attached hydrogens (tertiary/aromatic N) is 3. The van der Waals surface area contributed by atoms with Crippen LogP contribution in [0.3, 0.4) is 0 Å². The van der Waals surface area contributed by atoms with E-state index in [0.29, 0.717) is 6.42 Å². The number of pyridine rings is 1. The number of primary amides is 1. The van der Waals surface area contributed by atoms with Crippen LogP contribution in [-0.2, 0) is 11.0 Å². The first-order valence-electron chi connectivity index (χ1n) is 8.29. The van der Waals surface area contributed by atoms with Gasteiger partial charge in [0.2, 0.25) is 0 Å². The largest absolute Gasteiger partial charge is 0.433 e. The number of halogens is 3. The SMILES string of the molecule is CC(C)C[C@H](C=O)Nc1cnc(C(N)=O)c(Nc2ccc(C(F)(F)F)nc2)n1. The number of aromatic nitrogens is 3. The van der Waals surface area contributed by atoms with Gasteiger partial charge in [-0.05, 0) is 24.5 Å². The Labute approximate surface area is 158 Å². The Morgan fingerprint density at radius 3 is 2.46 bits per heavy atom. The minimum atomic E-state index is -4.57. The lowest BCUT2D eigenvalue weighted by molar-refractivity contribution is -0.141. The molecule has 0 aromatic carbocycles. The fraction of sp³-hybridized carbons (Fsp3) is 0.353. The predicted molar refractivity (Wildman–Crippen MR) is 96.0 cm³/mol. The second-order valence-electron chi connectivity index (χ2n) is 6.39. The molecule has 2 heterocycles. The first-order valence-corrected chi connectivity index (χ1v) is 8.29. The minimum Gasteiger partial charge on any atom is -0.364 e. The number of rotatable bonds is 8. The van der Waals surface area contributed by atoms with Gasteiger partial charge in [0.1, 0.15) is 17.8 Å². The molecular weight excluding hydrogens is 377 g/mol. The highest BCUT2D eigenvalue weighted by Crippen LogP contribution is 2.28. The quantitative estimate of drug-likeness (QED) is 0.586. The maximum Gasteiger partial charge on any atom is 0.433 e. The highest BCUT2D eigenvalue weighted by Gasteiger charge is 2.32. The molecule has 2 rings (SSSR count). The van der Waals surface area contributed by atoms with Gasteiger partial charge in [-0.3, -0.25) is 4.79 Å². The van der Waals surface area contributed by atoms with Gasteiger partial charge in [0.25, 0.3) is 5.91 Å². The second kappa shape index (κ2) is 8.63. The lowest BCUT2D eigenvalue weighted by Gasteiger charge is -2.16. The van der Waals surface area contributed by atoms with Crippen LogP contribution in [0, 0.1) is 5.92 Å².